The van der Waals surface area contributed by atoms with Crippen molar-refractivity contribution in [3.8, 4) is 0 Å². The maximum Gasteiger partial charge on any atom is 0.234 e. The molecule has 16 heavy (non-hydrogen) atoms. The van der Waals surface area contributed by atoms with Crippen molar-refractivity contribution in [2.75, 3.05) is 26.2 Å². The summed E-state index contributed by atoms with van der Waals surface area (Å²) in [6.45, 7) is 6.81. The number of rotatable bonds is 6. The van der Waals surface area contributed by atoms with E-state index in [0.717, 1.165) is 13.0 Å². The van der Waals surface area contributed by atoms with Gasteiger partial charge in [-0.3, -0.25) is 9.69 Å². The van der Waals surface area contributed by atoms with Gasteiger partial charge in [0.15, 0.2) is 0 Å². The van der Waals surface area contributed by atoms with Crippen molar-refractivity contribution in [1.82, 2.24) is 10.2 Å². The van der Waals surface area contributed by atoms with Crippen LogP contribution in [0.1, 0.15) is 20.3 Å². The Morgan fingerprint density at radius 3 is 2.88 bits per heavy atom. The fourth-order valence-electron chi connectivity index (χ4n) is 1.58. The number of carbonyl (C=O) groups excluding carboxylic acids is 1. The highest BCUT2D eigenvalue weighted by Gasteiger charge is 2.26. The molecular formula is C10H19N5O. The molecule has 0 aromatic carbocycles. The lowest BCUT2D eigenvalue weighted by molar-refractivity contribution is -0.123. The zero-order valence-electron chi connectivity index (χ0n) is 9.89. The molecule has 0 spiro atoms. The minimum atomic E-state index is 0.0495. The van der Waals surface area contributed by atoms with Crippen LogP contribution in [-0.2, 0) is 4.79 Å². The Hall–Kier alpha value is -1.26. The first-order valence-electron chi connectivity index (χ1n) is 5.65. The quantitative estimate of drug-likeness (QED) is 0.418. The molecule has 1 N–H and O–H groups in total. The maximum atomic E-state index is 11.4. The van der Waals surface area contributed by atoms with Gasteiger partial charge in [-0.05, 0) is 17.9 Å². The van der Waals surface area contributed by atoms with Gasteiger partial charge in [-0.15, -0.1) is 0 Å². The van der Waals surface area contributed by atoms with E-state index < -0.39 is 0 Å². The van der Waals surface area contributed by atoms with E-state index in [1.807, 2.05) is 4.90 Å². The van der Waals surface area contributed by atoms with Gasteiger partial charge in [0.2, 0.25) is 5.91 Å². The third-order valence-corrected chi connectivity index (χ3v) is 2.56. The van der Waals surface area contributed by atoms with Crippen molar-refractivity contribution in [2.24, 2.45) is 11.0 Å². The Bertz CT molecular complexity index is 279. The fraction of sp³-hybridized carbons (Fsp3) is 0.900. The molecular weight excluding hydrogens is 206 g/mol. The number of hydrogen-bond acceptors (Lipinski definition) is 3. The second-order valence-electron chi connectivity index (χ2n) is 4.59. The normalized spacial score (nSPS) is 16.7. The molecule has 0 saturated carbocycles. The number of likely N-dealkylation sites (tertiary alicyclic amines) is 1. The van der Waals surface area contributed by atoms with Gasteiger partial charge in [0, 0.05) is 24.5 Å². The summed E-state index contributed by atoms with van der Waals surface area (Å²) < 4.78 is 0. The summed E-state index contributed by atoms with van der Waals surface area (Å²) in [6, 6.07) is 0.0495. The molecule has 0 aromatic rings. The molecule has 0 radical (unpaired) electrons. The van der Waals surface area contributed by atoms with E-state index in [2.05, 4.69) is 29.2 Å². The van der Waals surface area contributed by atoms with Crippen LogP contribution in [0.25, 0.3) is 10.4 Å². The monoisotopic (exact) mass is 225 g/mol. The summed E-state index contributed by atoms with van der Waals surface area (Å²) in [4.78, 5) is 16.2. The van der Waals surface area contributed by atoms with Crippen LogP contribution >= 0.6 is 0 Å². The van der Waals surface area contributed by atoms with E-state index in [-0.39, 0.29) is 11.9 Å². The highest BCUT2D eigenvalue weighted by molar-refractivity contribution is 5.78. The lowest BCUT2D eigenvalue weighted by atomic mass is 10.1. The Morgan fingerprint density at radius 2 is 2.31 bits per heavy atom. The molecule has 6 heteroatoms. The first-order chi connectivity index (χ1) is 7.61. The Morgan fingerprint density at radius 1 is 1.62 bits per heavy atom. The van der Waals surface area contributed by atoms with Crippen LogP contribution in [0.4, 0.5) is 0 Å². The van der Waals surface area contributed by atoms with Crippen molar-refractivity contribution in [1.29, 1.82) is 0 Å². The SMILES string of the molecule is CC(C)CCNC(=O)CN1CC(N=[N+]=[N-])C1. The lowest BCUT2D eigenvalue weighted by Gasteiger charge is -2.35. The van der Waals surface area contributed by atoms with Crippen molar-refractivity contribution >= 4 is 5.91 Å². The number of nitrogens with zero attached hydrogens (tertiary/aromatic N) is 4. The Labute approximate surface area is 95.6 Å². The van der Waals surface area contributed by atoms with Gasteiger partial charge in [-0.1, -0.05) is 19.0 Å². The molecule has 1 aliphatic rings. The summed E-state index contributed by atoms with van der Waals surface area (Å²) in [7, 11) is 0. The minimum Gasteiger partial charge on any atom is -0.355 e. The van der Waals surface area contributed by atoms with E-state index in [1.165, 1.54) is 0 Å². The van der Waals surface area contributed by atoms with E-state index in [4.69, 9.17) is 5.53 Å². The molecule has 1 amide bonds. The van der Waals surface area contributed by atoms with Crippen LogP contribution in [0.15, 0.2) is 5.11 Å². The molecule has 0 aliphatic carbocycles. The average Bonchev–Trinajstić information content (AvgIpc) is 2.14. The molecule has 1 fully saturated rings. The topological polar surface area (TPSA) is 81.1 Å². The van der Waals surface area contributed by atoms with Crippen LogP contribution in [0, 0.1) is 5.92 Å². The molecule has 1 rings (SSSR count). The molecule has 0 aromatic heterocycles. The van der Waals surface area contributed by atoms with Crippen LogP contribution in [0.2, 0.25) is 0 Å². The summed E-state index contributed by atoms with van der Waals surface area (Å²) in [5.41, 5.74) is 8.20. The third kappa shape index (κ3) is 4.51. The van der Waals surface area contributed by atoms with Crippen molar-refractivity contribution in [3.63, 3.8) is 0 Å². The Kier molecular flexibility index (Phi) is 5.08. The summed E-state index contributed by atoms with van der Waals surface area (Å²) in [5, 5.41) is 6.46. The molecule has 1 saturated heterocycles. The van der Waals surface area contributed by atoms with Crippen molar-refractivity contribution in [2.45, 2.75) is 26.3 Å². The van der Waals surface area contributed by atoms with E-state index in [1.54, 1.807) is 0 Å². The minimum absolute atomic E-state index is 0.0495. The van der Waals surface area contributed by atoms with Gasteiger partial charge in [0.1, 0.15) is 0 Å². The Balaban J connectivity index is 2.06. The average molecular weight is 225 g/mol. The van der Waals surface area contributed by atoms with Crippen molar-refractivity contribution < 1.29 is 4.79 Å². The van der Waals surface area contributed by atoms with Gasteiger partial charge in [0.05, 0.1) is 12.6 Å². The number of hydrogen-bond donors (Lipinski definition) is 1. The molecule has 1 heterocycles. The number of nitrogens with one attached hydrogen (secondary N) is 1. The van der Waals surface area contributed by atoms with Gasteiger partial charge < -0.3 is 5.32 Å². The number of carbonyl (C=O) groups is 1. The maximum absolute atomic E-state index is 11.4. The predicted octanol–water partition coefficient (Wildman–Crippen LogP) is 1.14. The van der Waals surface area contributed by atoms with Gasteiger partial charge in [0.25, 0.3) is 0 Å². The standard InChI is InChI=1S/C10H19N5O/c1-8(2)3-4-12-10(16)7-15-5-9(6-15)13-14-11/h8-9H,3-7H2,1-2H3,(H,12,16). The highest BCUT2D eigenvalue weighted by atomic mass is 16.2. The first-order valence-corrected chi connectivity index (χ1v) is 5.65. The van der Waals surface area contributed by atoms with E-state index in [0.29, 0.717) is 25.6 Å². The molecule has 0 atom stereocenters. The lowest BCUT2D eigenvalue weighted by Crippen LogP contribution is -2.53. The highest BCUT2D eigenvalue weighted by Crippen LogP contribution is 2.10. The van der Waals surface area contributed by atoms with Gasteiger partial charge in [-0.25, -0.2) is 0 Å². The first kappa shape index (κ1) is 12.8. The summed E-state index contributed by atoms with van der Waals surface area (Å²) >= 11 is 0. The van der Waals surface area contributed by atoms with E-state index >= 15 is 0 Å². The van der Waals surface area contributed by atoms with E-state index in [9.17, 15) is 4.79 Å². The van der Waals surface area contributed by atoms with Crippen LogP contribution < -0.4 is 5.32 Å². The molecule has 0 unspecified atom stereocenters. The largest absolute Gasteiger partial charge is 0.355 e. The molecule has 6 nitrogen and oxygen atoms in total. The predicted molar refractivity (Wildman–Crippen MR) is 61.8 cm³/mol. The molecule has 0 bridgehead atoms. The fourth-order valence-corrected chi connectivity index (χ4v) is 1.58. The van der Waals surface area contributed by atoms with Gasteiger partial charge in [-0.2, -0.15) is 0 Å². The van der Waals surface area contributed by atoms with Crippen molar-refractivity contribution in [3.05, 3.63) is 10.4 Å². The second kappa shape index (κ2) is 6.35. The van der Waals surface area contributed by atoms with Crippen LogP contribution in [0.3, 0.4) is 0 Å². The smallest absolute Gasteiger partial charge is 0.234 e. The zero-order valence-corrected chi connectivity index (χ0v) is 9.89. The van der Waals surface area contributed by atoms with Crippen LogP contribution in [0.5, 0.6) is 0 Å². The number of amides is 1. The summed E-state index contributed by atoms with van der Waals surface area (Å²) in [5.74, 6) is 0.665. The molecule has 1 aliphatic heterocycles. The summed E-state index contributed by atoms with van der Waals surface area (Å²) in [6.07, 6.45) is 1.01. The molecule has 90 valence electrons. The third-order valence-electron chi connectivity index (χ3n) is 2.56. The zero-order chi connectivity index (χ0) is 12.0. The van der Waals surface area contributed by atoms with Gasteiger partial charge >= 0.3 is 0 Å². The second-order valence-corrected chi connectivity index (χ2v) is 4.59. The van der Waals surface area contributed by atoms with Crippen LogP contribution in [-0.4, -0.2) is 43.0 Å². The number of azide groups is 1.